The average molecular weight is 298 g/mol. The number of imidazole rings is 2. The predicted molar refractivity (Wildman–Crippen MR) is 78.1 cm³/mol. The fraction of sp³-hybridized carbons (Fsp3) is 0.0769. The molecule has 0 saturated heterocycles. The van der Waals surface area contributed by atoms with Crippen LogP contribution in [0.5, 0.6) is 0 Å². The van der Waals surface area contributed by atoms with E-state index in [1.54, 1.807) is 23.9 Å². The Balaban J connectivity index is 1.55. The number of rotatable bonds is 3. The van der Waals surface area contributed by atoms with E-state index in [4.69, 9.17) is 0 Å². The molecule has 0 fully saturated rings. The van der Waals surface area contributed by atoms with Crippen LogP contribution in [0, 0.1) is 0 Å². The van der Waals surface area contributed by atoms with Crippen LogP contribution >= 0.6 is 11.3 Å². The Hall–Kier alpha value is -2.74. The van der Waals surface area contributed by atoms with Crippen LogP contribution in [0.1, 0.15) is 16.1 Å². The van der Waals surface area contributed by atoms with Gasteiger partial charge in [-0.15, -0.1) is 11.3 Å². The highest BCUT2D eigenvalue weighted by Crippen LogP contribution is 2.14. The highest BCUT2D eigenvalue weighted by atomic mass is 32.1. The first-order valence-corrected chi connectivity index (χ1v) is 7.15. The lowest BCUT2D eigenvalue weighted by molar-refractivity contribution is 0.0951. The lowest BCUT2D eigenvalue weighted by Crippen LogP contribution is -2.23. The van der Waals surface area contributed by atoms with Crippen molar-refractivity contribution in [2.24, 2.45) is 0 Å². The maximum atomic E-state index is 12.2. The zero-order chi connectivity index (χ0) is 14.2. The molecular weight excluding hydrogens is 288 g/mol. The summed E-state index contributed by atoms with van der Waals surface area (Å²) in [6.45, 7) is 0.369. The highest BCUT2D eigenvalue weighted by molar-refractivity contribution is 7.15. The summed E-state index contributed by atoms with van der Waals surface area (Å²) in [5.41, 5.74) is 2.63. The summed E-state index contributed by atoms with van der Waals surface area (Å²) in [5.74, 6) is -0.212. The smallest absolute Gasteiger partial charge is 0.255 e. The van der Waals surface area contributed by atoms with Crippen molar-refractivity contribution in [3.63, 3.8) is 0 Å². The third-order valence-electron chi connectivity index (χ3n) is 3.15. The molecular formula is C13H10N6OS. The normalized spacial score (nSPS) is 11.2. The Labute approximate surface area is 122 Å². The van der Waals surface area contributed by atoms with Crippen molar-refractivity contribution in [1.82, 2.24) is 29.7 Å². The van der Waals surface area contributed by atoms with Gasteiger partial charge in [-0.25, -0.2) is 9.97 Å². The van der Waals surface area contributed by atoms with E-state index in [0.29, 0.717) is 17.6 Å². The molecule has 0 saturated carbocycles. The van der Waals surface area contributed by atoms with Crippen LogP contribution in [-0.2, 0) is 6.54 Å². The molecule has 2 N–H and O–H groups in total. The maximum Gasteiger partial charge on any atom is 0.255 e. The number of aromatic amines is 1. The van der Waals surface area contributed by atoms with Crippen molar-refractivity contribution in [2.75, 3.05) is 0 Å². The number of thiazole rings is 1. The minimum atomic E-state index is -0.212. The van der Waals surface area contributed by atoms with E-state index in [1.165, 1.54) is 6.20 Å². The molecule has 4 heterocycles. The Morgan fingerprint density at radius 1 is 1.43 bits per heavy atom. The van der Waals surface area contributed by atoms with Gasteiger partial charge < -0.3 is 10.3 Å². The van der Waals surface area contributed by atoms with Gasteiger partial charge in [-0.05, 0) is 0 Å². The van der Waals surface area contributed by atoms with E-state index in [1.807, 2.05) is 22.2 Å². The third-order valence-corrected chi connectivity index (χ3v) is 3.92. The number of nitrogens with one attached hydrogen (secondary N) is 2. The quantitative estimate of drug-likeness (QED) is 0.601. The Kier molecular flexibility index (Phi) is 2.68. The van der Waals surface area contributed by atoms with E-state index in [0.717, 1.165) is 16.2 Å². The topological polar surface area (TPSA) is 88.0 Å². The van der Waals surface area contributed by atoms with Crippen LogP contribution in [0.25, 0.3) is 16.0 Å². The van der Waals surface area contributed by atoms with Crippen molar-refractivity contribution in [3.8, 4) is 0 Å². The molecule has 0 spiro atoms. The molecule has 21 heavy (non-hydrogen) atoms. The molecule has 7 nitrogen and oxygen atoms in total. The lowest BCUT2D eigenvalue weighted by atomic mass is 10.2. The standard InChI is InChI=1S/C13H10N6OS/c20-12(9-4-14-5-10-11(9)17-7-16-10)15-3-8-6-19-1-2-21-13(19)18-8/h1-2,4-7H,3H2,(H,15,20)(H,16,17). The Morgan fingerprint density at radius 2 is 2.38 bits per heavy atom. The van der Waals surface area contributed by atoms with Crippen LogP contribution in [0.2, 0.25) is 0 Å². The van der Waals surface area contributed by atoms with Gasteiger partial charge in [0.05, 0.1) is 35.8 Å². The summed E-state index contributed by atoms with van der Waals surface area (Å²) in [6.07, 6.45) is 8.55. The molecule has 0 unspecified atom stereocenters. The zero-order valence-electron chi connectivity index (χ0n) is 10.8. The van der Waals surface area contributed by atoms with Crippen LogP contribution in [0.3, 0.4) is 0 Å². The number of aromatic nitrogens is 5. The zero-order valence-corrected chi connectivity index (χ0v) is 11.6. The fourth-order valence-electron chi connectivity index (χ4n) is 2.16. The summed E-state index contributed by atoms with van der Waals surface area (Å²) < 4.78 is 1.93. The van der Waals surface area contributed by atoms with Gasteiger partial charge in [0, 0.05) is 24.0 Å². The van der Waals surface area contributed by atoms with Crippen LogP contribution in [-0.4, -0.2) is 30.2 Å². The minimum Gasteiger partial charge on any atom is -0.346 e. The molecule has 4 aromatic rings. The molecule has 0 aliphatic rings. The highest BCUT2D eigenvalue weighted by Gasteiger charge is 2.13. The first-order chi connectivity index (χ1) is 10.3. The van der Waals surface area contributed by atoms with Crippen LogP contribution in [0.15, 0.2) is 36.5 Å². The lowest BCUT2D eigenvalue weighted by Gasteiger charge is -2.03. The van der Waals surface area contributed by atoms with Gasteiger partial charge in [0.2, 0.25) is 0 Å². The molecule has 1 amide bonds. The summed E-state index contributed by atoms with van der Waals surface area (Å²) >= 11 is 1.56. The van der Waals surface area contributed by atoms with E-state index in [9.17, 15) is 4.79 Å². The minimum absolute atomic E-state index is 0.212. The second kappa shape index (κ2) is 4.67. The number of hydrogen-bond donors (Lipinski definition) is 2. The number of amides is 1. The second-order valence-corrected chi connectivity index (χ2v) is 5.37. The maximum absolute atomic E-state index is 12.2. The van der Waals surface area contributed by atoms with Crippen LogP contribution < -0.4 is 5.32 Å². The predicted octanol–water partition coefficient (Wildman–Crippen LogP) is 1.60. The third kappa shape index (κ3) is 2.05. The van der Waals surface area contributed by atoms with Gasteiger partial charge in [0.1, 0.15) is 5.52 Å². The number of hydrogen-bond acceptors (Lipinski definition) is 5. The Morgan fingerprint density at radius 3 is 3.29 bits per heavy atom. The van der Waals surface area contributed by atoms with Crippen molar-refractivity contribution >= 4 is 33.2 Å². The molecule has 8 heteroatoms. The number of H-pyrrole nitrogens is 1. The number of carbonyl (C=O) groups is 1. The van der Waals surface area contributed by atoms with Gasteiger partial charge in [0.15, 0.2) is 4.96 Å². The van der Waals surface area contributed by atoms with Crippen molar-refractivity contribution in [1.29, 1.82) is 0 Å². The molecule has 0 aliphatic carbocycles. The molecule has 0 bridgehead atoms. The first-order valence-electron chi connectivity index (χ1n) is 6.27. The molecule has 0 aromatic carbocycles. The van der Waals surface area contributed by atoms with Gasteiger partial charge >= 0.3 is 0 Å². The monoisotopic (exact) mass is 298 g/mol. The van der Waals surface area contributed by atoms with Gasteiger partial charge in [-0.3, -0.25) is 14.2 Å². The fourth-order valence-corrected chi connectivity index (χ4v) is 2.88. The summed E-state index contributed by atoms with van der Waals surface area (Å²) in [5, 5.41) is 4.81. The molecule has 4 aromatic heterocycles. The number of carbonyl (C=O) groups excluding carboxylic acids is 1. The van der Waals surface area contributed by atoms with E-state index < -0.39 is 0 Å². The average Bonchev–Trinajstić information content (AvgIpc) is 3.18. The number of pyridine rings is 1. The molecule has 0 aliphatic heterocycles. The molecule has 104 valence electrons. The largest absolute Gasteiger partial charge is 0.346 e. The van der Waals surface area contributed by atoms with Gasteiger partial charge in [-0.2, -0.15) is 0 Å². The first kappa shape index (κ1) is 12.0. The number of fused-ring (bicyclic) bond motifs is 2. The van der Waals surface area contributed by atoms with Crippen molar-refractivity contribution in [2.45, 2.75) is 6.54 Å². The molecule has 0 radical (unpaired) electrons. The summed E-state index contributed by atoms with van der Waals surface area (Å²) in [6, 6.07) is 0. The molecule has 0 atom stereocenters. The van der Waals surface area contributed by atoms with E-state index >= 15 is 0 Å². The van der Waals surface area contributed by atoms with Gasteiger partial charge in [-0.1, -0.05) is 0 Å². The number of nitrogens with zero attached hydrogens (tertiary/aromatic N) is 4. The van der Waals surface area contributed by atoms with Crippen molar-refractivity contribution in [3.05, 3.63) is 47.8 Å². The molecule has 4 rings (SSSR count). The summed E-state index contributed by atoms with van der Waals surface area (Å²) in [4.78, 5) is 28.7. The van der Waals surface area contributed by atoms with Gasteiger partial charge in [0.25, 0.3) is 5.91 Å². The van der Waals surface area contributed by atoms with E-state index in [-0.39, 0.29) is 5.91 Å². The Bertz CT molecular complexity index is 908. The summed E-state index contributed by atoms with van der Waals surface area (Å²) in [7, 11) is 0. The SMILES string of the molecule is O=C(NCc1cn2ccsc2n1)c1cncc2[nH]cnc12. The van der Waals surface area contributed by atoms with Crippen LogP contribution in [0.4, 0.5) is 0 Å². The second-order valence-electron chi connectivity index (χ2n) is 4.49. The van der Waals surface area contributed by atoms with Crippen molar-refractivity contribution < 1.29 is 4.79 Å². The van der Waals surface area contributed by atoms with E-state index in [2.05, 4.69) is 25.3 Å².